The molecule has 1 aromatic heterocycles. The number of benzene rings is 1. The van der Waals surface area contributed by atoms with Crippen LogP contribution in [-0.4, -0.2) is 37.5 Å². The molecule has 1 aliphatic heterocycles. The van der Waals surface area contributed by atoms with E-state index in [1.165, 1.54) is 11.2 Å². The fraction of sp³-hybridized carbons (Fsp3) is 0.333. The molecule has 7 heteroatoms. The van der Waals surface area contributed by atoms with Gasteiger partial charge in [0.1, 0.15) is 5.76 Å². The Morgan fingerprint density at radius 1 is 1.20 bits per heavy atom. The van der Waals surface area contributed by atoms with Gasteiger partial charge in [0.15, 0.2) is 11.5 Å². The zero-order valence-corrected chi connectivity index (χ0v) is 14.2. The van der Waals surface area contributed by atoms with Gasteiger partial charge >= 0.3 is 11.8 Å². The fourth-order valence-electron chi connectivity index (χ4n) is 2.86. The molecule has 1 N–H and O–H groups in total. The van der Waals surface area contributed by atoms with Gasteiger partial charge < -0.3 is 24.1 Å². The quantitative estimate of drug-likeness (QED) is 0.850. The lowest BCUT2D eigenvalue weighted by atomic mass is 9.98. The van der Waals surface area contributed by atoms with Crippen molar-refractivity contribution in [1.29, 1.82) is 0 Å². The number of nitrogens with zero attached hydrogens (tertiary/aromatic N) is 1. The molecule has 0 fully saturated rings. The first-order valence-corrected chi connectivity index (χ1v) is 7.95. The Labute approximate surface area is 145 Å². The van der Waals surface area contributed by atoms with Crippen molar-refractivity contribution in [3.63, 3.8) is 0 Å². The molecule has 0 spiro atoms. The molecular weight excluding hydrogens is 324 g/mol. The third-order valence-electron chi connectivity index (χ3n) is 4.20. The topological polar surface area (TPSA) is 81.0 Å². The smallest absolute Gasteiger partial charge is 0.312 e. The molecule has 3 rings (SSSR count). The normalized spacial score (nSPS) is 13.1. The molecule has 0 atom stereocenters. The maximum Gasteiger partial charge on any atom is 0.312 e. The molecule has 0 aliphatic carbocycles. The average Bonchev–Trinajstić information content (AvgIpc) is 3.17. The fourth-order valence-corrected chi connectivity index (χ4v) is 2.86. The Bertz CT molecular complexity index is 770. The third kappa shape index (κ3) is 3.60. The summed E-state index contributed by atoms with van der Waals surface area (Å²) < 4.78 is 15.7. The Balaban J connectivity index is 1.67. The second kappa shape index (κ2) is 7.29. The van der Waals surface area contributed by atoms with Gasteiger partial charge in [0.05, 0.1) is 27.0 Å². The van der Waals surface area contributed by atoms with Crippen LogP contribution < -0.4 is 14.8 Å². The standard InChI is InChI=1S/C18H20N2O5/c1-23-15-8-12-5-6-20(11-13(12)9-16(15)24-2)18(22)17(21)19-10-14-4-3-7-25-14/h3-4,7-9H,5-6,10-11H2,1-2H3,(H,19,21). The number of hydrogen-bond donors (Lipinski definition) is 1. The maximum absolute atomic E-state index is 12.4. The highest BCUT2D eigenvalue weighted by atomic mass is 16.5. The summed E-state index contributed by atoms with van der Waals surface area (Å²) >= 11 is 0. The van der Waals surface area contributed by atoms with E-state index in [-0.39, 0.29) is 6.54 Å². The third-order valence-corrected chi connectivity index (χ3v) is 4.20. The largest absolute Gasteiger partial charge is 0.493 e. The van der Waals surface area contributed by atoms with E-state index < -0.39 is 11.8 Å². The molecule has 25 heavy (non-hydrogen) atoms. The van der Waals surface area contributed by atoms with Crippen LogP contribution in [0.25, 0.3) is 0 Å². The number of ether oxygens (including phenoxy) is 2. The van der Waals surface area contributed by atoms with Crippen molar-refractivity contribution in [3.05, 3.63) is 47.4 Å². The summed E-state index contributed by atoms with van der Waals surface area (Å²) in [6, 6.07) is 7.25. The van der Waals surface area contributed by atoms with E-state index in [9.17, 15) is 9.59 Å². The molecule has 132 valence electrons. The van der Waals surface area contributed by atoms with Crippen molar-refractivity contribution in [2.75, 3.05) is 20.8 Å². The molecule has 2 aromatic rings. The molecule has 0 unspecified atom stereocenters. The van der Waals surface area contributed by atoms with E-state index >= 15 is 0 Å². The van der Waals surface area contributed by atoms with Crippen molar-refractivity contribution in [2.24, 2.45) is 0 Å². The van der Waals surface area contributed by atoms with E-state index in [4.69, 9.17) is 13.9 Å². The first-order chi connectivity index (χ1) is 12.1. The summed E-state index contributed by atoms with van der Waals surface area (Å²) in [5.41, 5.74) is 2.05. The number of hydrogen-bond acceptors (Lipinski definition) is 5. The van der Waals surface area contributed by atoms with Crippen LogP contribution >= 0.6 is 0 Å². The van der Waals surface area contributed by atoms with Crippen LogP contribution in [0.3, 0.4) is 0 Å². The molecule has 2 heterocycles. The summed E-state index contributed by atoms with van der Waals surface area (Å²) in [5.74, 6) is 0.685. The molecular formula is C18H20N2O5. The highest BCUT2D eigenvalue weighted by molar-refractivity contribution is 6.34. The predicted molar refractivity (Wildman–Crippen MR) is 89.2 cm³/mol. The van der Waals surface area contributed by atoms with Crippen molar-refractivity contribution in [1.82, 2.24) is 10.2 Å². The summed E-state index contributed by atoms with van der Waals surface area (Å²) in [4.78, 5) is 26.0. The summed E-state index contributed by atoms with van der Waals surface area (Å²) in [6.07, 6.45) is 2.18. The van der Waals surface area contributed by atoms with Crippen molar-refractivity contribution in [3.8, 4) is 11.5 Å². The van der Waals surface area contributed by atoms with Gasteiger partial charge in [-0.1, -0.05) is 0 Å². The Hall–Kier alpha value is -2.96. The lowest BCUT2D eigenvalue weighted by Gasteiger charge is -2.29. The number of carbonyl (C=O) groups is 2. The van der Waals surface area contributed by atoms with Crippen LogP contribution in [0.5, 0.6) is 11.5 Å². The highest BCUT2D eigenvalue weighted by Crippen LogP contribution is 2.33. The van der Waals surface area contributed by atoms with Crippen LogP contribution in [-0.2, 0) is 29.1 Å². The second-order valence-corrected chi connectivity index (χ2v) is 5.71. The molecule has 7 nitrogen and oxygen atoms in total. The Morgan fingerprint density at radius 3 is 2.56 bits per heavy atom. The minimum atomic E-state index is -0.639. The van der Waals surface area contributed by atoms with Gasteiger partial charge in [-0.2, -0.15) is 0 Å². The van der Waals surface area contributed by atoms with E-state index in [0.717, 1.165) is 11.1 Å². The predicted octanol–water partition coefficient (Wildman–Crippen LogP) is 1.50. The zero-order chi connectivity index (χ0) is 17.8. The number of furan rings is 1. The minimum absolute atomic E-state index is 0.188. The van der Waals surface area contributed by atoms with Gasteiger partial charge in [0.25, 0.3) is 0 Å². The van der Waals surface area contributed by atoms with Crippen LogP contribution in [0, 0.1) is 0 Å². The van der Waals surface area contributed by atoms with Gasteiger partial charge in [-0.05, 0) is 41.8 Å². The number of rotatable bonds is 4. The second-order valence-electron chi connectivity index (χ2n) is 5.71. The molecule has 2 amide bonds. The average molecular weight is 344 g/mol. The monoisotopic (exact) mass is 344 g/mol. The molecule has 1 aliphatic rings. The Morgan fingerprint density at radius 2 is 1.92 bits per heavy atom. The van der Waals surface area contributed by atoms with Crippen LogP contribution in [0.15, 0.2) is 34.9 Å². The number of methoxy groups -OCH3 is 2. The lowest BCUT2D eigenvalue weighted by Crippen LogP contribution is -2.44. The van der Waals surface area contributed by atoms with Crippen molar-refractivity contribution >= 4 is 11.8 Å². The van der Waals surface area contributed by atoms with Gasteiger partial charge in [0.2, 0.25) is 0 Å². The van der Waals surface area contributed by atoms with Crippen LogP contribution in [0.2, 0.25) is 0 Å². The van der Waals surface area contributed by atoms with Crippen molar-refractivity contribution < 1.29 is 23.5 Å². The van der Waals surface area contributed by atoms with Gasteiger partial charge in [-0.3, -0.25) is 9.59 Å². The number of carbonyl (C=O) groups excluding carboxylic acids is 2. The number of nitrogens with one attached hydrogen (secondary N) is 1. The van der Waals surface area contributed by atoms with Crippen molar-refractivity contribution in [2.45, 2.75) is 19.5 Å². The first-order valence-electron chi connectivity index (χ1n) is 7.95. The molecule has 1 aromatic carbocycles. The van der Waals surface area contributed by atoms with E-state index in [1.807, 2.05) is 12.1 Å². The van der Waals surface area contributed by atoms with Crippen LogP contribution in [0.1, 0.15) is 16.9 Å². The SMILES string of the molecule is COc1cc2c(cc1OC)CN(C(=O)C(=O)NCc1ccco1)CC2. The number of amides is 2. The van der Waals surface area contributed by atoms with Crippen LogP contribution in [0.4, 0.5) is 0 Å². The zero-order valence-electron chi connectivity index (χ0n) is 14.2. The van der Waals surface area contributed by atoms with Gasteiger partial charge in [-0.15, -0.1) is 0 Å². The summed E-state index contributed by atoms with van der Waals surface area (Å²) in [7, 11) is 3.16. The lowest BCUT2D eigenvalue weighted by molar-refractivity contribution is -0.146. The van der Waals surface area contributed by atoms with E-state index in [2.05, 4.69) is 5.32 Å². The molecule has 0 bridgehead atoms. The minimum Gasteiger partial charge on any atom is -0.493 e. The highest BCUT2D eigenvalue weighted by Gasteiger charge is 2.27. The first kappa shape index (κ1) is 16.9. The van der Waals surface area contributed by atoms with Gasteiger partial charge in [-0.25, -0.2) is 0 Å². The molecule has 0 saturated carbocycles. The number of fused-ring (bicyclic) bond motifs is 1. The molecule has 0 radical (unpaired) electrons. The molecule has 0 saturated heterocycles. The summed E-state index contributed by atoms with van der Waals surface area (Å²) in [5, 5.41) is 2.58. The van der Waals surface area contributed by atoms with E-state index in [0.29, 0.717) is 36.8 Å². The summed E-state index contributed by atoms with van der Waals surface area (Å²) in [6.45, 7) is 1.03. The Kier molecular flexibility index (Phi) is 4.92. The van der Waals surface area contributed by atoms with Gasteiger partial charge in [0, 0.05) is 13.1 Å². The van der Waals surface area contributed by atoms with E-state index in [1.54, 1.807) is 26.4 Å². The maximum atomic E-state index is 12.4.